The van der Waals surface area contributed by atoms with E-state index in [1.807, 2.05) is 37.4 Å². The van der Waals surface area contributed by atoms with Crippen molar-refractivity contribution < 1.29 is 4.79 Å². The van der Waals surface area contributed by atoms with Gasteiger partial charge in [0.25, 0.3) is 0 Å². The summed E-state index contributed by atoms with van der Waals surface area (Å²) in [5.74, 6) is 3.77. The van der Waals surface area contributed by atoms with Crippen LogP contribution in [0.2, 0.25) is 0 Å². The Balaban J connectivity index is 2.20. The van der Waals surface area contributed by atoms with E-state index in [9.17, 15) is 4.79 Å². The number of amides is 1. The van der Waals surface area contributed by atoms with Crippen LogP contribution in [-0.4, -0.2) is 41.0 Å². The molecule has 1 aliphatic rings. The van der Waals surface area contributed by atoms with Crippen molar-refractivity contribution >= 4 is 29.4 Å². The largest absolute Gasteiger partial charge is 0.354 e. The second kappa shape index (κ2) is 6.66. The average molecular weight is 248 g/mol. The van der Waals surface area contributed by atoms with Gasteiger partial charge < -0.3 is 11.1 Å². The van der Waals surface area contributed by atoms with Crippen molar-refractivity contribution in [1.82, 2.24) is 5.32 Å². The van der Waals surface area contributed by atoms with Crippen LogP contribution in [-0.2, 0) is 4.79 Å². The van der Waals surface area contributed by atoms with Gasteiger partial charge in [-0.15, -0.1) is 0 Å². The number of carbonyl (C=O) groups is 1. The quantitative estimate of drug-likeness (QED) is 0.777. The number of rotatable bonds is 4. The molecule has 2 atom stereocenters. The highest BCUT2D eigenvalue weighted by molar-refractivity contribution is 8.06. The molecule has 0 spiro atoms. The van der Waals surface area contributed by atoms with Crippen LogP contribution in [0.1, 0.15) is 13.8 Å². The van der Waals surface area contributed by atoms with Gasteiger partial charge in [0.15, 0.2) is 0 Å². The molecule has 1 saturated heterocycles. The van der Waals surface area contributed by atoms with E-state index in [4.69, 9.17) is 5.73 Å². The Kier molecular flexibility index (Phi) is 5.86. The molecule has 1 aliphatic heterocycles. The van der Waals surface area contributed by atoms with Gasteiger partial charge in [-0.05, 0) is 5.92 Å². The third-order valence-electron chi connectivity index (χ3n) is 2.41. The molecule has 15 heavy (non-hydrogen) atoms. The SMILES string of the molecule is CC(C)C(N)C(=O)NCC1CSCCS1. The van der Waals surface area contributed by atoms with Crippen molar-refractivity contribution in [2.75, 3.05) is 23.8 Å². The summed E-state index contributed by atoms with van der Waals surface area (Å²) in [7, 11) is 0. The fraction of sp³-hybridized carbons (Fsp3) is 0.900. The highest BCUT2D eigenvalue weighted by atomic mass is 32.2. The van der Waals surface area contributed by atoms with Crippen molar-refractivity contribution in [3.63, 3.8) is 0 Å². The molecule has 0 aromatic carbocycles. The molecule has 88 valence electrons. The van der Waals surface area contributed by atoms with Gasteiger partial charge in [0.2, 0.25) is 5.91 Å². The molecule has 3 N–H and O–H groups in total. The van der Waals surface area contributed by atoms with Crippen LogP contribution in [0, 0.1) is 5.92 Å². The minimum absolute atomic E-state index is 0.0128. The fourth-order valence-electron chi connectivity index (χ4n) is 1.29. The average Bonchev–Trinajstić information content (AvgIpc) is 2.26. The van der Waals surface area contributed by atoms with Gasteiger partial charge in [0.1, 0.15) is 0 Å². The lowest BCUT2D eigenvalue weighted by molar-refractivity contribution is -0.123. The predicted octanol–water partition coefficient (Wildman–Crippen LogP) is 0.935. The lowest BCUT2D eigenvalue weighted by atomic mass is 10.1. The maximum absolute atomic E-state index is 11.6. The van der Waals surface area contributed by atoms with E-state index < -0.39 is 0 Å². The Morgan fingerprint density at radius 2 is 2.27 bits per heavy atom. The molecule has 0 aliphatic carbocycles. The summed E-state index contributed by atoms with van der Waals surface area (Å²) in [6, 6.07) is -0.369. The second-order valence-electron chi connectivity index (χ2n) is 4.08. The Morgan fingerprint density at radius 3 is 2.80 bits per heavy atom. The molecule has 1 heterocycles. The van der Waals surface area contributed by atoms with Gasteiger partial charge in [-0.1, -0.05) is 13.8 Å². The Morgan fingerprint density at radius 1 is 1.53 bits per heavy atom. The molecular weight excluding hydrogens is 228 g/mol. The second-order valence-corrected chi connectivity index (χ2v) is 6.64. The molecule has 0 radical (unpaired) electrons. The van der Waals surface area contributed by atoms with Crippen LogP contribution < -0.4 is 11.1 Å². The Labute approximate surface area is 100 Å². The molecular formula is C10H20N2OS2. The maximum atomic E-state index is 11.6. The lowest BCUT2D eigenvalue weighted by Gasteiger charge is -2.22. The van der Waals surface area contributed by atoms with Crippen molar-refractivity contribution in [2.45, 2.75) is 25.1 Å². The summed E-state index contributed by atoms with van der Waals surface area (Å²) < 4.78 is 0. The summed E-state index contributed by atoms with van der Waals surface area (Å²) in [6.07, 6.45) is 0. The summed E-state index contributed by atoms with van der Waals surface area (Å²) >= 11 is 3.91. The monoisotopic (exact) mass is 248 g/mol. The molecule has 0 bridgehead atoms. The minimum atomic E-state index is -0.369. The van der Waals surface area contributed by atoms with Crippen molar-refractivity contribution in [2.24, 2.45) is 11.7 Å². The molecule has 1 rings (SSSR count). The van der Waals surface area contributed by atoms with E-state index in [0.29, 0.717) is 5.25 Å². The highest BCUT2D eigenvalue weighted by Gasteiger charge is 2.19. The lowest BCUT2D eigenvalue weighted by Crippen LogP contribution is -2.46. The number of nitrogens with two attached hydrogens (primary N) is 1. The van der Waals surface area contributed by atoms with E-state index >= 15 is 0 Å². The van der Waals surface area contributed by atoms with Gasteiger partial charge in [-0.2, -0.15) is 23.5 Å². The first kappa shape index (κ1) is 13.2. The fourth-order valence-corrected chi connectivity index (χ4v) is 3.90. The normalized spacial score (nSPS) is 23.9. The van der Waals surface area contributed by atoms with Crippen LogP contribution in [0.25, 0.3) is 0 Å². The molecule has 0 aromatic rings. The Hall–Kier alpha value is 0.130. The van der Waals surface area contributed by atoms with Crippen molar-refractivity contribution in [3.05, 3.63) is 0 Å². The number of hydrogen-bond donors (Lipinski definition) is 2. The number of thioether (sulfide) groups is 2. The first-order valence-corrected chi connectivity index (χ1v) is 7.54. The zero-order chi connectivity index (χ0) is 11.3. The predicted molar refractivity (Wildman–Crippen MR) is 69.4 cm³/mol. The minimum Gasteiger partial charge on any atom is -0.354 e. The number of hydrogen-bond acceptors (Lipinski definition) is 4. The highest BCUT2D eigenvalue weighted by Crippen LogP contribution is 2.23. The van der Waals surface area contributed by atoms with E-state index in [1.54, 1.807) is 0 Å². The molecule has 1 amide bonds. The van der Waals surface area contributed by atoms with Crippen LogP contribution >= 0.6 is 23.5 Å². The van der Waals surface area contributed by atoms with E-state index in [2.05, 4.69) is 5.32 Å². The molecule has 3 nitrogen and oxygen atoms in total. The van der Waals surface area contributed by atoms with Gasteiger partial charge in [-0.25, -0.2) is 0 Å². The number of nitrogens with one attached hydrogen (secondary N) is 1. The zero-order valence-corrected chi connectivity index (χ0v) is 11.0. The summed E-state index contributed by atoms with van der Waals surface area (Å²) in [6.45, 7) is 4.70. The van der Waals surface area contributed by atoms with E-state index in [0.717, 1.165) is 12.3 Å². The molecule has 2 unspecified atom stereocenters. The maximum Gasteiger partial charge on any atom is 0.237 e. The third kappa shape index (κ3) is 4.66. The topological polar surface area (TPSA) is 55.1 Å². The first-order valence-electron chi connectivity index (χ1n) is 5.34. The smallest absolute Gasteiger partial charge is 0.237 e. The van der Waals surface area contributed by atoms with Gasteiger partial charge >= 0.3 is 0 Å². The van der Waals surface area contributed by atoms with Crippen LogP contribution in [0.4, 0.5) is 0 Å². The van der Waals surface area contributed by atoms with Crippen LogP contribution in [0.15, 0.2) is 0 Å². The molecule has 5 heteroatoms. The summed E-state index contributed by atoms with van der Waals surface area (Å²) in [5, 5.41) is 3.50. The van der Waals surface area contributed by atoms with Crippen molar-refractivity contribution in [3.8, 4) is 0 Å². The van der Waals surface area contributed by atoms with Crippen molar-refractivity contribution in [1.29, 1.82) is 0 Å². The standard InChI is InChI=1S/C10H20N2OS2/c1-7(2)9(11)10(13)12-5-8-6-14-3-4-15-8/h7-9H,3-6,11H2,1-2H3,(H,12,13). The summed E-state index contributed by atoms with van der Waals surface area (Å²) in [4.78, 5) is 11.6. The van der Waals surface area contributed by atoms with E-state index in [-0.39, 0.29) is 17.9 Å². The van der Waals surface area contributed by atoms with Gasteiger partial charge in [0.05, 0.1) is 6.04 Å². The molecule has 1 fully saturated rings. The number of carbonyl (C=O) groups excluding carboxylic acids is 1. The Bertz CT molecular complexity index is 206. The zero-order valence-electron chi connectivity index (χ0n) is 9.36. The molecule has 0 saturated carbocycles. The van der Waals surface area contributed by atoms with Crippen LogP contribution in [0.5, 0.6) is 0 Å². The molecule has 0 aromatic heterocycles. The van der Waals surface area contributed by atoms with Gasteiger partial charge in [-0.3, -0.25) is 4.79 Å². The third-order valence-corrected chi connectivity index (χ3v) is 5.25. The first-order chi connectivity index (χ1) is 7.11. The van der Waals surface area contributed by atoms with E-state index in [1.165, 1.54) is 11.5 Å². The van der Waals surface area contributed by atoms with Gasteiger partial charge in [0, 0.05) is 29.1 Å². The summed E-state index contributed by atoms with van der Waals surface area (Å²) in [5.41, 5.74) is 5.75. The van der Waals surface area contributed by atoms with Crippen LogP contribution in [0.3, 0.4) is 0 Å².